The molecule has 0 amide bonds. The Hall–Kier alpha value is -1.82. The van der Waals surface area contributed by atoms with E-state index in [2.05, 4.69) is 15.0 Å². The molecule has 0 saturated heterocycles. The standard InChI is InChI=1S/C13H20N2O4/c1-13(2,3)19-11(16)8-14-7-9-5-6-10(15-9)12(17)18-4/h5-6,14-15H,7-8H2,1-4H3. The number of aromatic amines is 1. The van der Waals surface area contributed by atoms with Crippen LogP contribution in [0.4, 0.5) is 0 Å². The zero-order valence-corrected chi connectivity index (χ0v) is 11.7. The molecule has 0 fully saturated rings. The van der Waals surface area contributed by atoms with Gasteiger partial charge in [-0.3, -0.25) is 4.79 Å². The van der Waals surface area contributed by atoms with E-state index in [0.717, 1.165) is 5.69 Å². The predicted molar refractivity (Wildman–Crippen MR) is 69.7 cm³/mol. The summed E-state index contributed by atoms with van der Waals surface area (Å²) in [4.78, 5) is 25.6. The topological polar surface area (TPSA) is 80.4 Å². The maximum absolute atomic E-state index is 11.4. The highest BCUT2D eigenvalue weighted by atomic mass is 16.6. The summed E-state index contributed by atoms with van der Waals surface area (Å²) in [6.07, 6.45) is 0. The van der Waals surface area contributed by atoms with E-state index < -0.39 is 11.6 Å². The summed E-state index contributed by atoms with van der Waals surface area (Å²) in [6, 6.07) is 3.39. The summed E-state index contributed by atoms with van der Waals surface area (Å²) in [5, 5.41) is 2.94. The maximum Gasteiger partial charge on any atom is 0.354 e. The molecule has 1 aromatic rings. The molecule has 0 bridgehead atoms. The van der Waals surface area contributed by atoms with Gasteiger partial charge in [-0.2, -0.15) is 0 Å². The summed E-state index contributed by atoms with van der Waals surface area (Å²) in [6.45, 7) is 6.01. The van der Waals surface area contributed by atoms with E-state index >= 15 is 0 Å². The normalized spacial score (nSPS) is 11.2. The van der Waals surface area contributed by atoms with Gasteiger partial charge in [-0.15, -0.1) is 0 Å². The molecule has 0 radical (unpaired) electrons. The second-order valence-corrected chi connectivity index (χ2v) is 5.08. The largest absolute Gasteiger partial charge is 0.464 e. The number of carbonyl (C=O) groups excluding carboxylic acids is 2. The van der Waals surface area contributed by atoms with Crippen molar-refractivity contribution in [3.05, 3.63) is 23.5 Å². The minimum absolute atomic E-state index is 0.115. The van der Waals surface area contributed by atoms with Gasteiger partial charge in [0, 0.05) is 12.2 Å². The quantitative estimate of drug-likeness (QED) is 0.785. The smallest absolute Gasteiger partial charge is 0.354 e. The van der Waals surface area contributed by atoms with E-state index in [0.29, 0.717) is 12.2 Å². The molecular formula is C13H20N2O4. The summed E-state index contributed by atoms with van der Waals surface area (Å²) in [5.41, 5.74) is 0.698. The molecule has 0 saturated carbocycles. The number of aromatic nitrogens is 1. The first-order chi connectivity index (χ1) is 8.81. The highest BCUT2D eigenvalue weighted by Crippen LogP contribution is 2.06. The van der Waals surface area contributed by atoms with Crippen molar-refractivity contribution in [3.63, 3.8) is 0 Å². The van der Waals surface area contributed by atoms with Gasteiger partial charge >= 0.3 is 11.9 Å². The van der Waals surface area contributed by atoms with Crippen molar-refractivity contribution in [2.24, 2.45) is 0 Å². The highest BCUT2D eigenvalue weighted by molar-refractivity contribution is 5.87. The van der Waals surface area contributed by atoms with Crippen LogP contribution in [-0.2, 0) is 20.8 Å². The number of methoxy groups -OCH3 is 1. The molecule has 0 aliphatic rings. The van der Waals surface area contributed by atoms with Crippen LogP contribution in [0.2, 0.25) is 0 Å². The number of hydrogen-bond acceptors (Lipinski definition) is 5. The fraction of sp³-hybridized carbons (Fsp3) is 0.538. The van der Waals surface area contributed by atoms with E-state index in [4.69, 9.17) is 4.74 Å². The fourth-order valence-corrected chi connectivity index (χ4v) is 1.45. The van der Waals surface area contributed by atoms with Crippen molar-refractivity contribution >= 4 is 11.9 Å². The van der Waals surface area contributed by atoms with E-state index in [9.17, 15) is 9.59 Å². The Morgan fingerprint density at radius 3 is 2.58 bits per heavy atom. The second-order valence-electron chi connectivity index (χ2n) is 5.08. The summed E-state index contributed by atoms with van der Waals surface area (Å²) in [7, 11) is 1.32. The number of carbonyl (C=O) groups is 2. The molecule has 2 N–H and O–H groups in total. The molecule has 0 unspecified atom stereocenters. The third-order valence-electron chi connectivity index (χ3n) is 2.16. The third-order valence-corrected chi connectivity index (χ3v) is 2.16. The van der Waals surface area contributed by atoms with Crippen LogP contribution in [0.5, 0.6) is 0 Å². The van der Waals surface area contributed by atoms with Gasteiger partial charge in [-0.1, -0.05) is 0 Å². The van der Waals surface area contributed by atoms with Crippen LogP contribution in [0, 0.1) is 0 Å². The van der Waals surface area contributed by atoms with Gasteiger partial charge in [-0.05, 0) is 32.9 Å². The number of nitrogens with one attached hydrogen (secondary N) is 2. The Bertz CT molecular complexity index is 446. The average molecular weight is 268 g/mol. The van der Waals surface area contributed by atoms with Crippen LogP contribution in [0.3, 0.4) is 0 Å². The lowest BCUT2D eigenvalue weighted by molar-refractivity contribution is -0.153. The van der Waals surface area contributed by atoms with Gasteiger partial charge in [0.2, 0.25) is 0 Å². The van der Waals surface area contributed by atoms with Crippen molar-refractivity contribution < 1.29 is 19.1 Å². The molecule has 1 aromatic heterocycles. The zero-order chi connectivity index (χ0) is 14.5. The number of hydrogen-bond donors (Lipinski definition) is 2. The SMILES string of the molecule is COC(=O)c1ccc(CNCC(=O)OC(C)(C)C)[nH]1. The molecule has 6 heteroatoms. The Labute approximate surface area is 112 Å². The second kappa shape index (κ2) is 6.38. The predicted octanol–water partition coefficient (Wildman–Crippen LogP) is 1.23. The Morgan fingerprint density at radius 1 is 1.32 bits per heavy atom. The molecule has 0 aliphatic heterocycles. The summed E-state index contributed by atoms with van der Waals surface area (Å²) >= 11 is 0. The van der Waals surface area contributed by atoms with Crippen molar-refractivity contribution in [2.75, 3.05) is 13.7 Å². The first-order valence-electron chi connectivity index (χ1n) is 6.00. The number of H-pyrrole nitrogens is 1. The Kier molecular flexibility index (Phi) is 5.11. The minimum atomic E-state index is -0.483. The number of ether oxygens (including phenoxy) is 2. The first-order valence-corrected chi connectivity index (χ1v) is 6.00. The van der Waals surface area contributed by atoms with Crippen LogP contribution in [0.25, 0.3) is 0 Å². The van der Waals surface area contributed by atoms with Crippen molar-refractivity contribution in [2.45, 2.75) is 32.9 Å². The molecule has 6 nitrogen and oxygen atoms in total. The van der Waals surface area contributed by atoms with Crippen LogP contribution in [-0.4, -0.2) is 36.2 Å². The molecular weight excluding hydrogens is 248 g/mol. The Balaban J connectivity index is 2.35. The molecule has 1 rings (SSSR count). The van der Waals surface area contributed by atoms with Gasteiger partial charge in [0.1, 0.15) is 11.3 Å². The third kappa shape index (κ3) is 5.56. The van der Waals surface area contributed by atoms with Crippen LogP contribution in [0.1, 0.15) is 37.0 Å². The number of esters is 2. The van der Waals surface area contributed by atoms with Gasteiger partial charge in [-0.25, -0.2) is 4.79 Å². The van der Waals surface area contributed by atoms with Crippen molar-refractivity contribution in [1.82, 2.24) is 10.3 Å². The van der Waals surface area contributed by atoms with E-state index in [-0.39, 0.29) is 12.5 Å². The van der Waals surface area contributed by atoms with E-state index in [1.807, 2.05) is 20.8 Å². The summed E-state index contributed by atoms with van der Waals surface area (Å²) < 4.78 is 9.73. The molecule has 1 heterocycles. The lowest BCUT2D eigenvalue weighted by Gasteiger charge is -2.19. The van der Waals surface area contributed by atoms with Gasteiger partial charge in [0.05, 0.1) is 13.7 Å². The molecule has 0 aliphatic carbocycles. The monoisotopic (exact) mass is 268 g/mol. The summed E-state index contributed by atoms with van der Waals surface area (Å²) in [5.74, 6) is -0.731. The molecule has 106 valence electrons. The zero-order valence-electron chi connectivity index (χ0n) is 11.7. The van der Waals surface area contributed by atoms with Gasteiger partial charge < -0.3 is 19.8 Å². The van der Waals surface area contributed by atoms with E-state index in [1.165, 1.54) is 7.11 Å². The average Bonchev–Trinajstić information content (AvgIpc) is 2.74. The van der Waals surface area contributed by atoms with E-state index in [1.54, 1.807) is 12.1 Å². The molecule has 0 spiro atoms. The van der Waals surface area contributed by atoms with Crippen LogP contribution >= 0.6 is 0 Å². The highest BCUT2D eigenvalue weighted by Gasteiger charge is 2.15. The first kappa shape index (κ1) is 15.2. The van der Waals surface area contributed by atoms with Crippen LogP contribution < -0.4 is 5.32 Å². The molecule has 19 heavy (non-hydrogen) atoms. The molecule has 0 atom stereocenters. The fourth-order valence-electron chi connectivity index (χ4n) is 1.45. The number of rotatable bonds is 5. The Morgan fingerprint density at radius 2 is 2.00 bits per heavy atom. The minimum Gasteiger partial charge on any atom is -0.464 e. The van der Waals surface area contributed by atoms with Crippen molar-refractivity contribution in [3.8, 4) is 0 Å². The van der Waals surface area contributed by atoms with Crippen molar-refractivity contribution in [1.29, 1.82) is 0 Å². The lowest BCUT2D eigenvalue weighted by atomic mass is 10.2. The van der Waals surface area contributed by atoms with Gasteiger partial charge in [0.25, 0.3) is 0 Å². The van der Waals surface area contributed by atoms with Crippen LogP contribution in [0.15, 0.2) is 12.1 Å². The molecule has 0 aromatic carbocycles. The maximum atomic E-state index is 11.4. The van der Waals surface area contributed by atoms with Gasteiger partial charge in [0.15, 0.2) is 0 Å². The lowest BCUT2D eigenvalue weighted by Crippen LogP contribution is -2.31.